The minimum Gasteiger partial charge on any atom is -0.465 e. The summed E-state index contributed by atoms with van der Waals surface area (Å²) >= 11 is 0. The van der Waals surface area contributed by atoms with Gasteiger partial charge in [0.1, 0.15) is 0 Å². The Morgan fingerprint density at radius 2 is 1.35 bits per heavy atom. The third-order valence-electron chi connectivity index (χ3n) is 1.70. The number of alkyl halides is 3. The Labute approximate surface area is 97.1 Å². The molecule has 0 rings (SSSR count). The van der Waals surface area contributed by atoms with E-state index in [1.54, 1.807) is 13.8 Å². The van der Waals surface area contributed by atoms with Crippen LogP contribution in [-0.2, 0) is 19.1 Å². The summed E-state index contributed by atoms with van der Waals surface area (Å²) in [6, 6.07) is 0. The lowest BCUT2D eigenvalue weighted by atomic mass is 10.1. The molecule has 100 valence electrons. The zero-order valence-corrected chi connectivity index (χ0v) is 9.67. The van der Waals surface area contributed by atoms with Crippen molar-refractivity contribution in [2.45, 2.75) is 32.9 Å². The molecule has 0 amide bonds. The Balaban J connectivity index is 4.65. The predicted octanol–water partition coefficient (Wildman–Crippen LogP) is 2.07. The summed E-state index contributed by atoms with van der Waals surface area (Å²) in [5.74, 6) is -6.07. The molecule has 4 nitrogen and oxygen atoms in total. The topological polar surface area (TPSA) is 52.6 Å². The van der Waals surface area contributed by atoms with Gasteiger partial charge in [-0.3, -0.25) is 9.59 Å². The Bertz CT molecular complexity index is 243. The largest absolute Gasteiger partial charge is 0.465 e. The van der Waals surface area contributed by atoms with Crippen LogP contribution in [0, 0.1) is 5.92 Å². The number of esters is 2. The Morgan fingerprint density at radius 3 is 1.59 bits per heavy atom. The Hall–Kier alpha value is -1.27. The van der Waals surface area contributed by atoms with Crippen LogP contribution in [0.5, 0.6) is 0 Å². The highest BCUT2D eigenvalue weighted by molar-refractivity contribution is 5.95. The number of hydrogen-bond acceptors (Lipinski definition) is 4. The summed E-state index contributed by atoms with van der Waals surface area (Å²) < 4.78 is 46.1. The van der Waals surface area contributed by atoms with Crippen molar-refractivity contribution in [2.75, 3.05) is 13.2 Å². The van der Waals surface area contributed by atoms with Gasteiger partial charge in [-0.1, -0.05) is 13.8 Å². The molecule has 7 heteroatoms. The van der Waals surface area contributed by atoms with Gasteiger partial charge in [0.15, 0.2) is 0 Å². The number of rotatable bonds is 6. The first kappa shape index (κ1) is 15.7. The second-order valence-corrected chi connectivity index (χ2v) is 3.31. The molecule has 0 aliphatic rings. The molecule has 0 radical (unpaired) electrons. The first-order chi connectivity index (χ1) is 7.84. The van der Waals surface area contributed by atoms with Gasteiger partial charge in [-0.05, 0) is 12.8 Å². The van der Waals surface area contributed by atoms with Crippen LogP contribution in [0.2, 0.25) is 0 Å². The molecule has 0 aromatic heterocycles. The van der Waals surface area contributed by atoms with Crippen LogP contribution in [0.3, 0.4) is 0 Å². The fraction of sp³-hybridized carbons (Fsp3) is 0.800. The molecule has 0 saturated carbocycles. The molecule has 17 heavy (non-hydrogen) atoms. The van der Waals surface area contributed by atoms with E-state index in [0.29, 0.717) is 12.8 Å². The summed E-state index contributed by atoms with van der Waals surface area (Å²) in [6.45, 7) is 2.94. The summed E-state index contributed by atoms with van der Waals surface area (Å²) in [5.41, 5.74) is 0. The number of ether oxygens (including phenoxy) is 2. The van der Waals surface area contributed by atoms with Gasteiger partial charge in [0.25, 0.3) is 0 Å². The molecule has 0 spiro atoms. The second kappa shape index (κ2) is 7.13. The zero-order valence-electron chi connectivity index (χ0n) is 9.67. The second-order valence-electron chi connectivity index (χ2n) is 3.31. The highest BCUT2D eigenvalue weighted by Gasteiger charge is 2.52. The van der Waals surface area contributed by atoms with E-state index >= 15 is 0 Å². The Kier molecular flexibility index (Phi) is 6.60. The maximum absolute atomic E-state index is 12.5. The molecule has 0 aliphatic carbocycles. The van der Waals surface area contributed by atoms with Crippen molar-refractivity contribution in [3.63, 3.8) is 0 Å². The molecule has 0 aromatic rings. The van der Waals surface area contributed by atoms with Crippen molar-refractivity contribution in [3.05, 3.63) is 0 Å². The van der Waals surface area contributed by atoms with Gasteiger partial charge >= 0.3 is 18.1 Å². The average molecular weight is 256 g/mol. The van der Waals surface area contributed by atoms with Gasteiger partial charge < -0.3 is 9.47 Å². The van der Waals surface area contributed by atoms with Crippen LogP contribution in [0.25, 0.3) is 0 Å². The fourth-order valence-electron chi connectivity index (χ4n) is 0.935. The monoisotopic (exact) mass is 256 g/mol. The number of hydrogen-bond donors (Lipinski definition) is 0. The van der Waals surface area contributed by atoms with Crippen LogP contribution in [0.1, 0.15) is 26.7 Å². The van der Waals surface area contributed by atoms with Gasteiger partial charge in [0.2, 0.25) is 5.92 Å². The van der Waals surface area contributed by atoms with E-state index in [1.165, 1.54) is 0 Å². The van der Waals surface area contributed by atoms with Gasteiger partial charge in [0.05, 0.1) is 13.2 Å². The van der Waals surface area contributed by atoms with Crippen LogP contribution < -0.4 is 0 Å². The van der Waals surface area contributed by atoms with E-state index in [1.807, 2.05) is 0 Å². The van der Waals surface area contributed by atoms with Crippen LogP contribution in [-0.4, -0.2) is 31.3 Å². The zero-order chi connectivity index (χ0) is 13.5. The van der Waals surface area contributed by atoms with Gasteiger partial charge in [0, 0.05) is 0 Å². The van der Waals surface area contributed by atoms with Crippen molar-refractivity contribution in [2.24, 2.45) is 5.92 Å². The first-order valence-corrected chi connectivity index (χ1v) is 5.24. The molecule has 0 unspecified atom stereocenters. The standard InChI is InChI=1S/C10H15F3O4/c1-3-5-16-8(14)7(10(11,12)13)9(15)17-6-4-2/h7H,3-6H2,1-2H3. The molecule has 0 aromatic carbocycles. The first-order valence-electron chi connectivity index (χ1n) is 5.24. The summed E-state index contributed by atoms with van der Waals surface area (Å²) in [7, 11) is 0. The highest BCUT2D eigenvalue weighted by atomic mass is 19.4. The van der Waals surface area contributed by atoms with Crippen molar-refractivity contribution >= 4 is 11.9 Å². The minimum absolute atomic E-state index is 0.160. The van der Waals surface area contributed by atoms with E-state index in [2.05, 4.69) is 9.47 Å². The number of carbonyl (C=O) groups excluding carboxylic acids is 2. The SMILES string of the molecule is CCCOC(=O)C(C(=O)OCCC)C(F)(F)F. The fourth-order valence-corrected chi connectivity index (χ4v) is 0.935. The van der Waals surface area contributed by atoms with Gasteiger partial charge in [-0.15, -0.1) is 0 Å². The van der Waals surface area contributed by atoms with Crippen molar-refractivity contribution < 1.29 is 32.2 Å². The lowest BCUT2D eigenvalue weighted by molar-refractivity contribution is -0.208. The van der Waals surface area contributed by atoms with E-state index in [9.17, 15) is 22.8 Å². The third-order valence-corrected chi connectivity index (χ3v) is 1.70. The molecule has 0 saturated heterocycles. The van der Waals surface area contributed by atoms with Crippen LogP contribution >= 0.6 is 0 Å². The minimum atomic E-state index is -4.99. The molecule has 0 N–H and O–H groups in total. The molecule has 0 aliphatic heterocycles. The number of carbonyl (C=O) groups is 2. The van der Waals surface area contributed by atoms with E-state index in [4.69, 9.17) is 0 Å². The third kappa shape index (κ3) is 5.55. The average Bonchev–Trinajstić information content (AvgIpc) is 2.21. The normalized spacial score (nSPS) is 11.4. The number of halogens is 3. The molecular formula is C10H15F3O4. The van der Waals surface area contributed by atoms with Crippen molar-refractivity contribution in [3.8, 4) is 0 Å². The quantitative estimate of drug-likeness (QED) is 0.539. The molecule has 0 heterocycles. The van der Waals surface area contributed by atoms with Crippen LogP contribution in [0.4, 0.5) is 13.2 Å². The molecule has 0 bridgehead atoms. The molecule has 0 fully saturated rings. The summed E-state index contributed by atoms with van der Waals surface area (Å²) in [5, 5.41) is 0. The molecule has 0 atom stereocenters. The van der Waals surface area contributed by atoms with E-state index in [-0.39, 0.29) is 13.2 Å². The highest BCUT2D eigenvalue weighted by Crippen LogP contribution is 2.28. The lowest BCUT2D eigenvalue weighted by Crippen LogP contribution is -2.40. The maximum atomic E-state index is 12.5. The lowest BCUT2D eigenvalue weighted by Gasteiger charge is -2.17. The van der Waals surface area contributed by atoms with E-state index in [0.717, 1.165) is 0 Å². The van der Waals surface area contributed by atoms with Crippen LogP contribution in [0.15, 0.2) is 0 Å². The Morgan fingerprint density at radius 1 is 1.00 bits per heavy atom. The molecular weight excluding hydrogens is 241 g/mol. The van der Waals surface area contributed by atoms with Crippen molar-refractivity contribution in [1.29, 1.82) is 0 Å². The van der Waals surface area contributed by atoms with Crippen molar-refractivity contribution in [1.82, 2.24) is 0 Å². The van der Waals surface area contributed by atoms with Gasteiger partial charge in [-0.25, -0.2) is 0 Å². The van der Waals surface area contributed by atoms with Gasteiger partial charge in [-0.2, -0.15) is 13.2 Å². The summed E-state index contributed by atoms with van der Waals surface area (Å²) in [4.78, 5) is 22.2. The summed E-state index contributed by atoms with van der Waals surface area (Å²) in [6.07, 6.45) is -4.24. The van der Waals surface area contributed by atoms with E-state index < -0.39 is 24.0 Å². The smallest absolute Gasteiger partial charge is 0.412 e. The maximum Gasteiger partial charge on any atom is 0.412 e. The predicted molar refractivity (Wildman–Crippen MR) is 52.0 cm³/mol.